The third kappa shape index (κ3) is 2.86. The highest BCUT2D eigenvalue weighted by atomic mass is 35.5. The summed E-state index contributed by atoms with van der Waals surface area (Å²) in [5.41, 5.74) is 2.01. The lowest BCUT2D eigenvalue weighted by Crippen LogP contribution is -2.41. The van der Waals surface area contributed by atoms with Crippen LogP contribution >= 0.6 is 23.8 Å². The number of thiocarbonyl (C=S) groups is 1. The van der Waals surface area contributed by atoms with Crippen molar-refractivity contribution < 1.29 is 0 Å². The third-order valence-electron chi connectivity index (χ3n) is 2.81. The number of halogens is 1. The second-order valence-electron chi connectivity index (χ2n) is 4.21. The maximum Gasteiger partial charge on any atom is 0.171 e. The summed E-state index contributed by atoms with van der Waals surface area (Å²) in [5, 5.41) is 7.76. The Labute approximate surface area is 106 Å². The van der Waals surface area contributed by atoms with E-state index < -0.39 is 0 Å². The highest BCUT2D eigenvalue weighted by Gasteiger charge is 2.17. The molecular weight excluding hydrogens is 240 g/mol. The molecule has 2 nitrogen and oxygen atoms in total. The van der Waals surface area contributed by atoms with Crippen LogP contribution in [0, 0.1) is 6.92 Å². The molecule has 0 radical (unpaired) electrons. The van der Waals surface area contributed by atoms with E-state index in [0.29, 0.717) is 16.2 Å². The fraction of sp³-hybridized carbons (Fsp3) is 0.417. The lowest BCUT2D eigenvalue weighted by Gasteiger charge is -2.28. The Balaban J connectivity index is 1.94. The van der Waals surface area contributed by atoms with E-state index in [1.165, 1.54) is 19.3 Å². The Morgan fingerprint density at radius 1 is 1.44 bits per heavy atom. The van der Waals surface area contributed by atoms with Crippen LogP contribution in [0.25, 0.3) is 0 Å². The Morgan fingerprint density at radius 2 is 2.19 bits per heavy atom. The lowest BCUT2D eigenvalue weighted by molar-refractivity contribution is 0.385. The Morgan fingerprint density at radius 3 is 2.75 bits per heavy atom. The van der Waals surface area contributed by atoms with Gasteiger partial charge >= 0.3 is 0 Å². The summed E-state index contributed by atoms with van der Waals surface area (Å²) in [6.45, 7) is 2.01. The summed E-state index contributed by atoms with van der Waals surface area (Å²) in [4.78, 5) is 0. The van der Waals surface area contributed by atoms with Crippen molar-refractivity contribution in [2.75, 3.05) is 5.32 Å². The van der Waals surface area contributed by atoms with E-state index >= 15 is 0 Å². The molecule has 2 rings (SSSR count). The molecule has 0 heterocycles. The van der Waals surface area contributed by atoms with Gasteiger partial charge in [-0.1, -0.05) is 17.7 Å². The summed E-state index contributed by atoms with van der Waals surface area (Å²) in [7, 11) is 0. The van der Waals surface area contributed by atoms with Gasteiger partial charge < -0.3 is 10.6 Å². The molecule has 0 saturated heterocycles. The monoisotopic (exact) mass is 254 g/mol. The van der Waals surface area contributed by atoms with Crippen molar-refractivity contribution in [3.8, 4) is 0 Å². The smallest absolute Gasteiger partial charge is 0.171 e. The summed E-state index contributed by atoms with van der Waals surface area (Å²) in [6.07, 6.45) is 3.72. The van der Waals surface area contributed by atoms with Crippen LogP contribution in [-0.2, 0) is 0 Å². The normalized spacial score (nSPS) is 15.4. The van der Waals surface area contributed by atoms with Crippen LogP contribution in [0.4, 0.5) is 5.69 Å². The second-order valence-corrected chi connectivity index (χ2v) is 5.03. The van der Waals surface area contributed by atoms with E-state index in [-0.39, 0.29) is 0 Å². The first-order valence-electron chi connectivity index (χ1n) is 5.49. The van der Waals surface area contributed by atoms with Crippen LogP contribution in [0.2, 0.25) is 5.02 Å². The first kappa shape index (κ1) is 11.7. The molecule has 2 N–H and O–H groups in total. The first-order chi connectivity index (χ1) is 7.65. The molecule has 0 aromatic heterocycles. The van der Waals surface area contributed by atoms with Crippen LogP contribution < -0.4 is 10.6 Å². The first-order valence-corrected chi connectivity index (χ1v) is 6.27. The topological polar surface area (TPSA) is 24.1 Å². The van der Waals surface area contributed by atoms with E-state index in [9.17, 15) is 0 Å². The number of hydrogen-bond acceptors (Lipinski definition) is 1. The molecule has 1 saturated carbocycles. The predicted octanol–water partition coefficient (Wildman–Crippen LogP) is 3.49. The molecule has 1 fully saturated rings. The van der Waals surface area contributed by atoms with E-state index in [1.54, 1.807) is 0 Å². The fourth-order valence-corrected chi connectivity index (χ4v) is 2.18. The summed E-state index contributed by atoms with van der Waals surface area (Å²) < 4.78 is 0. The molecule has 4 heteroatoms. The number of rotatable bonds is 2. The van der Waals surface area contributed by atoms with E-state index in [2.05, 4.69) is 10.6 Å². The van der Waals surface area contributed by atoms with Gasteiger partial charge in [-0.15, -0.1) is 0 Å². The highest BCUT2D eigenvalue weighted by molar-refractivity contribution is 7.80. The predicted molar refractivity (Wildman–Crippen MR) is 73.2 cm³/mol. The molecule has 0 amide bonds. The number of anilines is 1. The van der Waals surface area contributed by atoms with Crippen LogP contribution in [0.1, 0.15) is 24.8 Å². The minimum atomic E-state index is 0.546. The minimum Gasteiger partial charge on any atom is -0.360 e. The number of aryl methyl sites for hydroxylation is 1. The molecule has 1 aliphatic carbocycles. The maximum absolute atomic E-state index is 6.11. The van der Waals surface area contributed by atoms with Gasteiger partial charge in [0, 0.05) is 6.04 Å². The summed E-state index contributed by atoms with van der Waals surface area (Å²) in [5.74, 6) is 0. The zero-order chi connectivity index (χ0) is 11.5. The molecule has 1 aliphatic rings. The highest BCUT2D eigenvalue weighted by Crippen LogP contribution is 2.23. The lowest BCUT2D eigenvalue weighted by atomic mass is 9.93. The average molecular weight is 255 g/mol. The van der Waals surface area contributed by atoms with Gasteiger partial charge in [-0.2, -0.15) is 0 Å². The average Bonchev–Trinajstić information content (AvgIpc) is 2.16. The Kier molecular flexibility index (Phi) is 3.66. The van der Waals surface area contributed by atoms with Crippen LogP contribution in [0.5, 0.6) is 0 Å². The fourth-order valence-electron chi connectivity index (χ4n) is 1.62. The van der Waals surface area contributed by atoms with Gasteiger partial charge in [-0.05, 0) is 56.1 Å². The molecule has 1 aromatic rings. The molecule has 0 bridgehead atoms. The quantitative estimate of drug-likeness (QED) is 0.790. The van der Waals surface area contributed by atoms with Crippen molar-refractivity contribution in [2.45, 2.75) is 32.2 Å². The summed E-state index contributed by atoms with van der Waals surface area (Å²) >= 11 is 11.3. The molecule has 0 aliphatic heterocycles. The van der Waals surface area contributed by atoms with E-state index in [4.69, 9.17) is 23.8 Å². The van der Waals surface area contributed by atoms with Crippen LogP contribution in [-0.4, -0.2) is 11.2 Å². The largest absolute Gasteiger partial charge is 0.360 e. The Bertz CT molecular complexity index is 402. The van der Waals surface area contributed by atoms with Crippen molar-refractivity contribution >= 4 is 34.6 Å². The second kappa shape index (κ2) is 5.02. The van der Waals surface area contributed by atoms with Crippen LogP contribution in [0.3, 0.4) is 0 Å². The maximum atomic E-state index is 6.11. The van der Waals surface area contributed by atoms with Gasteiger partial charge in [0.05, 0.1) is 10.7 Å². The molecule has 86 valence electrons. The van der Waals surface area contributed by atoms with Gasteiger partial charge in [-0.25, -0.2) is 0 Å². The van der Waals surface area contributed by atoms with Crippen molar-refractivity contribution in [3.63, 3.8) is 0 Å². The SMILES string of the molecule is Cc1ccc(NC(=S)NC2CCC2)c(Cl)c1. The molecule has 0 spiro atoms. The van der Waals surface area contributed by atoms with Gasteiger partial charge in [0.2, 0.25) is 0 Å². The standard InChI is InChI=1S/C12H15ClN2S/c1-8-5-6-11(10(13)7-8)15-12(16)14-9-3-2-4-9/h5-7,9H,2-4H2,1H3,(H2,14,15,16). The molecule has 1 aromatic carbocycles. The molecule has 0 unspecified atom stereocenters. The van der Waals surface area contributed by atoms with Crippen molar-refractivity contribution in [3.05, 3.63) is 28.8 Å². The number of nitrogens with one attached hydrogen (secondary N) is 2. The van der Waals surface area contributed by atoms with Gasteiger partial charge in [0.25, 0.3) is 0 Å². The van der Waals surface area contributed by atoms with Gasteiger partial charge in [0.1, 0.15) is 0 Å². The molecular formula is C12H15ClN2S. The number of benzene rings is 1. The van der Waals surface area contributed by atoms with Gasteiger partial charge in [-0.3, -0.25) is 0 Å². The molecule has 16 heavy (non-hydrogen) atoms. The van der Waals surface area contributed by atoms with Crippen LogP contribution in [0.15, 0.2) is 18.2 Å². The van der Waals surface area contributed by atoms with E-state index in [1.807, 2.05) is 25.1 Å². The van der Waals surface area contributed by atoms with Crippen molar-refractivity contribution in [1.82, 2.24) is 5.32 Å². The van der Waals surface area contributed by atoms with Crippen molar-refractivity contribution in [1.29, 1.82) is 0 Å². The van der Waals surface area contributed by atoms with E-state index in [0.717, 1.165) is 11.3 Å². The third-order valence-corrected chi connectivity index (χ3v) is 3.35. The zero-order valence-corrected chi connectivity index (χ0v) is 10.8. The number of hydrogen-bond donors (Lipinski definition) is 2. The zero-order valence-electron chi connectivity index (χ0n) is 9.22. The summed E-state index contributed by atoms with van der Waals surface area (Å²) in [6, 6.07) is 6.44. The minimum absolute atomic E-state index is 0.546. The van der Waals surface area contributed by atoms with Crippen molar-refractivity contribution in [2.24, 2.45) is 0 Å². The Hall–Kier alpha value is -0.800. The molecule has 0 atom stereocenters. The van der Waals surface area contributed by atoms with Gasteiger partial charge in [0.15, 0.2) is 5.11 Å².